The maximum absolute atomic E-state index is 5.63. The van der Waals surface area contributed by atoms with Crippen molar-refractivity contribution in [3.63, 3.8) is 0 Å². The molecule has 1 aromatic heterocycles. The Labute approximate surface area is 122 Å². The molecule has 2 heterocycles. The molecule has 20 heavy (non-hydrogen) atoms. The first-order valence-electron chi connectivity index (χ1n) is 7.41. The van der Waals surface area contributed by atoms with Gasteiger partial charge in [-0.15, -0.1) is 0 Å². The van der Waals surface area contributed by atoms with Crippen LogP contribution in [-0.2, 0) is 11.3 Å². The first-order valence-corrected chi connectivity index (χ1v) is 7.41. The zero-order chi connectivity index (χ0) is 14.8. The molecule has 1 N–H and O–H groups in total. The minimum absolute atomic E-state index is 0.131. The summed E-state index contributed by atoms with van der Waals surface area (Å²) >= 11 is 0. The third kappa shape index (κ3) is 3.93. The van der Waals surface area contributed by atoms with Crippen molar-refractivity contribution in [1.82, 2.24) is 10.3 Å². The van der Waals surface area contributed by atoms with Crippen LogP contribution in [0.25, 0.3) is 0 Å². The average Bonchev–Trinajstić information content (AvgIpc) is 2.81. The molecule has 2 unspecified atom stereocenters. The summed E-state index contributed by atoms with van der Waals surface area (Å²) in [6, 6.07) is 4.68. The molecule has 1 fully saturated rings. The molecule has 1 saturated heterocycles. The van der Waals surface area contributed by atoms with Gasteiger partial charge in [-0.1, -0.05) is 6.07 Å². The number of nitrogens with zero attached hydrogens (tertiary/aromatic N) is 2. The van der Waals surface area contributed by atoms with Gasteiger partial charge in [0.1, 0.15) is 5.82 Å². The van der Waals surface area contributed by atoms with E-state index in [1.165, 1.54) is 5.56 Å². The molecule has 0 radical (unpaired) electrons. The van der Waals surface area contributed by atoms with Crippen molar-refractivity contribution < 1.29 is 4.74 Å². The lowest BCUT2D eigenvalue weighted by Gasteiger charge is -2.28. The van der Waals surface area contributed by atoms with Crippen molar-refractivity contribution in [2.24, 2.45) is 0 Å². The Hall–Kier alpha value is -1.13. The summed E-state index contributed by atoms with van der Waals surface area (Å²) < 4.78 is 5.63. The molecular formula is C16H27N3O. The highest BCUT2D eigenvalue weighted by molar-refractivity contribution is 5.40. The van der Waals surface area contributed by atoms with Gasteiger partial charge < -0.3 is 15.0 Å². The van der Waals surface area contributed by atoms with E-state index in [-0.39, 0.29) is 11.6 Å². The van der Waals surface area contributed by atoms with E-state index < -0.39 is 0 Å². The molecule has 0 amide bonds. The second-order valence-corrected chi connectivity index (χ2v) is 6.67. The zero-order valence-corrected chi connectivity index (χ0v) is 13.3. The van der Waals surface area contributed by atoms with E-state index in [1.807, 2.05) is 6.20 Å². The molecule has 4 heteroatoms. The van der Waals surface area contributed by atoms with Crippen LogP contribution in [0, 0.1) is 0 Å². The number of aromatic nitrogens is 1. The topological polar surface area (TPSA) is 37.4 Å². The van der Waals surface area contributed by atoms with E-state index >= 15 is 0 Å². The van der Waals surface area contributed by atoms with Crippen LogP contribution in [0.3, 0.4) is 0 Å². The van der Waals surface area contributed by atoms with E-state index in [1.54, 1.807) is 0 Å². The third-order valence-electron chi connectivity index (χ3n) is 3.83. The minimum Gasteiger partial charge on any atom is -0.376 e. The number of rotatable bonds is 4. The summed E-state index contributed by atoms with van der Waals surface area (Å²) in [4.78, 5) is 6.82. The maximum Gasteiger partial charge on any atom is 0.128 e. The third-order valence-corrected chi connectivity index (χ3v) is 3.83. The predicted molar refractivity (Wildman–Crippen MR) is 83.1 cm³/mol. The molecule has 2 rings (SSSR count). The number of hydrogen-bond acceptors (Lipinski definition) is 4. The van der Waals surface area contributed by atoms with Crippen LogP contribution in [0.1, 0.15) is 39.7 Å². The average molecular weight is 277 g/mol. The zero-order valence-electron chi connectivity index (χ0n) is 13.3. The van der Waals surface area contributed by atoms with Gasteiger partial charge in [0.25, 0.3) is 0 Å². The van der Waals surface area contributed by atoms with E-state index in [0.717, 1.165) is 25.4 Å². The van der Waals surface area contributed by atoms with Gasteiger partial charge >= 0.3 is 0 Å². The van der Waals surface area contributed by atoms with Crippen LogP contribution in [0.2, 0.25) is 0 Å². The summed E-state index contributed by atoms with van der Waals surface area (Å²) in [7, 11) is 2.10. The molecule has 4 nitrogen and oxygen atoms in total. The standard InChI is InChI=1S/C16H27N3O/c1-12-14(8-9-20-12)19(5)15-7-6-13(10-17-15)11-18-16(2,3)4/h6-7,10,12,14,18H,8-9,11H2,1-5H3. The summed E-state index contributed by atoms with van der Waals surface area (Å²) in [5.74, 6) is 1.02. The molecule has 0 aromatic carbocycles. The van der Waals surface area contributed by atoms with Crippen molar-refractivity contribution in [3.8, 4) is 0 Å². The van der Waals surface area contributed by atoms with E-state index in [2.05, 4.69) is 62.1 Å². The number of nitrogens with one attached hydrogen (secondary N) is 1. The molecule has 0 spiro atoms. The van der Waals surface area contributed by atoms with Crippen LogP contribution >= 0.6 is 0 Å². The minimum atomic E-state index is 0.131. The van der Waals surface area contributed by atoms with E-state index in [0.29, 0.717) is 6.04 Å². The van der Waals surface area contributed by atoms with Crippen molar-refractivity contribution >= 4 is 5.82 Å². The van der Waals surface area contributed by atoms with Gasteiger partial charge in [-0.25, -0.2) is 4.98 Å². The fraction of sp³-hybridized carbons (Fsp3) is 0.688. The van der Waals surface area contributed by atoms with Crippen LogP contribution in [0.15, 0.2) is 18.3 Å². The van der Waals surface area contributed by atoms with Crippen molar-refractivity contribution in [1.29, 1.82) is 0 Å². The number of hydrogen-bond donors (Lipinski definition) is 1. The Morgan fingerprint density at radius 2 is 2.15 bits per heavy atom. The van der Waals surface area contributed by atoms with Gasteiger partial charge in [-0.05, 0) is 45.7 Å². The number of ether oxygens (including phenoxy) is 1. The summed E-state index contributed by atoms with van der Waals surface area (Å²) in [6.45, 7) is 10.3. The Bertz CT molecular complexity index is 424. The molecule has 1 aliphatic rings. The Balaban J connectivity index is 1.97. The van der Waals surface area contributed by atoms with Crippen molar-refractivity contribution in [3.05, 3.63) is 23.9 Å². The summed E-state index contributed by atoms with van der Waals surface area (Å²) in [5.41, 5.74) is 1.35. The Morgan fingerprint density at radius 1 is 1.40 bits per heavy atom. The molecule has 1 aliphatic heterocycles. The smallest absolute Gasteiger partial charge is 0.128 e. The quantitative estimate of drug-likeness (QED) is 0.918. The van der Waals surface area contributed by atoms with Crippen LogP contribution in [0.4, 0.5) is 5.82 Å². The first kappa shape index (κ1) is 15.3. The summed E-state index contributed by atoms with van der Waals surface area (Å²) in [6.07, 6.45) is 3.32. The van der Waals surface area contributed by atoms with Crippen molar-refractivity contribution in [2.75, 3.05) is 18.6 Å². The van der Waals surface area contributed by atoms with E-state index in [9.17, 15) is 0 Å². The SMILES string of the molecule is CC1OCCC1N(C)c1ccc(CNC(C)(C)C)cn1. The predicted octanol–water partition coefficient (Wildman–Crippen LogP) is 2.58. The Morgan fingerprint density at radius 3 is 2.65 bits per heavy atom. The molecular weight excluding hydrogens is 250 g/mol. The molecule has 1 aromatic rings. The Kier molecular flexibility index (Phi) is 4.66. The highest BCUT2D eigenvalue weighted by atomic mass is 16.5. The molecule has 2 atom stereocenters. The van der Waals surface area contributed by atoms with Gasteiger partial charge in [0.15, 0.2) is 0 Å². The number of anilines is 1. The fourth-order valence-corrected chi connectivity index (χ4v) is 2.50. The molecule has 0 bridgehead atoms. The van der Waals surface area contributed by atoms with Crippen molar-refractivity contribution in [2.45, 2.75) is 58.3 Å². The van der Waals surface area contributed by atoms with Gasteiger partial charge in [0.2, 0.25) is 0 Å². The lowest BCUT2D eigenvalue weighted by molar-refractivity contribution is 0.118. The van der Waals surface area contributed by atoms with Crippen LogP contribution < -0.4 is 10.2 Å². The fourth-order valence-electron chi connectivity index (χ4n) is 2.50. The second kappa shape index (κ2) is 6.10. The maximum atomic E-state index is 5.63. The highest BCUT2D eigenvalue weighted by Crippen LogP contribution is 2.22. The van der Waals surface area contributed by atoms with Gasteiger partial charge in [-0.3, -0.25) is 0 Å². The molecule has 0 saturated carbocycles. The van der Waals surface area contributed by atoms with Gasteiger partial charge in [-0.2, -0.15) is 0 Å². The normalized spacial score (nSPS) is 23.1. The lowest BCUT2D eigenvalue weighted by atomic mass is 10.1. The lowest BCUT2D eigenvalue weighted by Crippen LogP contribution is -2.37. The van der Waals surface area contributed by atoms with Crippen LogP contribution in [-0.4, -0.2) is 36.3 Å². The highest BCUT2D eigenvalue weighted by Gasteiger charge is 2.28. The molecule has 112 valence electrons. The monoisotopic (exact) mass is 277 g/mol. The first-order chi connectivity index (χ1) is 9.37. The van der Waals surface area contributed by atoms with E-state index in [4.69, 9.17) is 4.74 Å². The van der Waals surface area contributed by atoms with Gasteiger partial charge in [0, 0.05) is 31.9 Å². The van der Waals surface area contributed by atoms with Crippen LogP contribution in [0.5, 0.6) is 0 Å². The number of likely N-dealkylation sites (N-methyl/N-ethyl adjacent to an activating group) is 1. The number of pyridine rings is 1. The molecule has 0 aliphatic carbocycles. The largest absolute Gasteiger partial charge is 0.376 e. The summed E-state index contributed by atoms with van der Waals surface area (Å²) in [5, 5.41) is 3.48. The second-order valence-electron chi connectivity index (χ2n) is 6.67. The van der Waals surface area contributed by atoms with Gasteiger partial charge in [0.05, 0.1) is 12.1 Å².